The zero-order chi connectivity index (χ0) is 14.6. The third kappa shape index (κ3) is 3.59. The Balaban J connectivity index is 2.05. The van der Waals surface area contributed by atoms with Crippen LogP contribution in [-0.4, -0.2) is 35.2 Å². The van der Waals surface area contributed by atoms with Crippen LogP contribution in [0.4, 0.5) is 0 Å². The molecule has 0 aliphatic rings. The van der Waals surface area contributed by atoms with Gasteiger partial charge in [-0.3, -0.25) is 4.68 Å². The first kappa shape index (κ1) is 14.6. The summed E-state index contributed by atoms with van der Waals surface area (Å²) < 4.78 is 28.0. The molecule has 0 saturated carbocycles. The minimum Gasteiger partial charge on any atom is -0.316 e. The highest BCUT2D eigenvalue weighted by molar-refractivity contribution is 7.89. The smallest absolute Gasteiger partial charge is 0.258 e. The third-order valence-electron chi connectivity index (χ3n) is 2.52. The molecule has 2 rings (SSSR count). The van der Waals surface area contributed by atoms with Crippen LogP contribution in [0.3, 0.4) is 0 Å². The summed E-state index contributed by atoms with van der Waals surface area (Å²) in [6.07, 6.45) is 3.04. The Bertz CT molecular complexity index is 664. The van der Waals surface area contributed by atoms with Crippen molar-refractivity contribution in [3.63, 3.8) is 0 Å². The van der Waals surface area contributed by atoms with Crippen LogP contribution >= 0.6 is 0 Å². The van der Waals surface area contributed by atoms with E-state index in [1.807, 2.05) is 7.05 Å². The zero-order valence-corrected chi connectivity index (χ0v) is 12.1. The van der Waals surface area contributed by atoms with Crippen LogP contribution in [0.1, 0.15) is 11.4 Å². The Morgan fingerprint density at radius 1 is 1.25 bits per heavy atom. The van der Waals surface area contributed by atoms with E-state index in [1.165, 1.54) is 23.3 Å². The fraction of sp³-hybridized carbons (Fsp3) is 0.364. The molecule has 0 amide bonds. The largest absolute Gasteiger partial charge is 0.316 e. The zero-order valence-electron chi connectivity index (χ0n) is 11.2. The number of sulfonamides is 1. The summed E-state index contributed by atoms with van der Waals surface area (Å²) in [6.45, 7) is 0.668. The van der Waals surface area contributed by atoms with Crippen molar-refractivity contribution in [3.05, 3.63) is 36.0 Å². The van der Waals surface area contributed by atoms with E-state index in [1.54, 1.807) is 13.1 Å². The standard InChI is InChI=1S/C11H16N6O2S/c1-12-5-9-3-4-11(13-6-9)20(18,19)15-7-10-14-8-17(2)16-10/h3-4,6,8,12,15H,5,7H2,1-2H3. The fourth-order valence-corrected chi connectivity index (χ4v) is 2.48. The first-order chi connectivity index (χ1) is 9.51. The van der Waals surface area contributed by atoms with E-state index in [4.69, 9.17) is 0 Å². The fourth-order valence-electron chi connectivity index (χ4n) is 1.58. The van der Waals surface area contributed by atoms with Crippen molar-refractivity contribution in [1.82, 2.24) is 29.8 Å². The van der Waals surface area contributed by atoms with Gasteiger partial charge in [-0.05, 0) is 18.7 Å². The highest BCUT2D eigenvalue weighted by Gasteiger charge is 2.16. The molecule has 0 aliphatic carbocycles. The lowest BCUT2D eigenvalue weighted by Gasteiger charge is -2.05. The molecule has 0 saturated heterocycles. The van der Waals surface area contributed by atoms with Gasteiger partial charge in [-0.2, -0.15) is 5.10 Å². The summed E-state index contributed by atoms with van der Waals surface area (Å²) in [5, 5.41) is 6.94. The van der Waals surface area contributed by atoms with Gasteiger partial charge in [0.25, 0.3) is 10.0 Å². The minimum atomic E-state index is -3.65. The van der Waals surface area contributed by atoms with Gasteiger partial charge < -0.3 is 5.32 Å². The number of hydrogen-bond acceptors (Lipinski definition) is 6. The van der Waals surface area contributed by atoms with Gasteiger partial charge in [0.05, 0.1) is 6.54 Å². The Hall–Kier alpha value is -1.84. The van der Waals surface area contributed by atoms with Crippen LogP contribution in [0.5, 0.6) is 0 Å². The summed E-state index contributed by atoms with van der Waals surface area (Å²) in [7, 11) is -0.125. The lowest BCUT2D eigenvalue weighted by molar-refractivity contribution is 0.574. The van der Waals surface area contributed by atoms with E-state index in [9.17, 15) is 8.42 Å². The predicted octanol–water partition coefficient (Wildman–Crippen LogP) is -0.592. The average molecular weight is 296 g/mol. The molecule has 0 radical (unpaired) electrons. The van der Waals surface area contributed by atoms with E-state index in [2.05, 4.69) is 25.1 Å². The van der Waals surface area contributed by atoms with Crippen molar-refractivity contribution in [2.45, 2.75) is 18.1 Å². The van der Waals surface area contributed by atoms with Crippen molar-refractivity contribution in [2.75, 3.05) is 7.05 Å². The molecule has 0 spiro atoms. The van der Waals surface area contributed by atoms with Crippen molar-refractivity contribution in [3.8, 4) is 0 Å². The first-order valence-electron chi connectivity index (χ1n) is 5.95. The predicted molar refractivity (Wildman–Crippen MR) is 72.0 cm³/mol. The molecule has 8 nitrogen and oxygen atoms in total. The van der Waals surface area contributed by atoms with Crippen molar-refractivity contribution >= 4 is 10.0 Å². The summed E-state index contributed by atoms with van der Waals surface area (Å²) >= 11 is 0. The molecule has 9 heteroatoms. The number of rotatable bonds is 6. The Kier molecular flexibility index (Phi) is 4.42. The first-order valence-corrected chi connectivity index (χ1v) is 7.43. The Labute approximate surface area is 117 Å². The molecule has 2 aromatic heterocycles. The third-order valence-corrected chi connectivity index (χ3v) is 3.84. The molecule has 0 aliphatic heterocycles. The second-order valence-electron chi connectivity index (χ2n) is 4.19. The molecule has 108 valence electrons. The maximum Gasteiger partial charge on any atom is 0.258 e. The van der Waals surface area contributed by atoms with Crippen LogP contribution in [-0.2, 0) is 30.2 Å². The number of nitrogens with one attached hydrogen (secondary N) is 2. The van der Waals surface area contributed by atoms with Gasteiger partial charge in [0.15, 0.2) is 10.9 Å². The quantitative estimate of drug-likeness (QED) is 0.738. The van der Waals surface area contributed by atoms with Crippen molar-refractivity contribution in [1.29, 1.82) is 0 Å². The molecular formula is C11H16N6O2S. The molecule has 2 aromatic rings. The van der Waals surface area contributed by atoms with Gasteiger partial charge in [-0.25, -0.2) is 23.1 Å². The van der Waals surface area contributed by atoms with Crippen LogP contribution in [0.15, 0.2) is 29.7 Å². The maximum atomic E-state index is 12.0. The van der Waals surface area contributed by atoms with Gasteiger partial charge >= 0.3 is 0 Å². The van der Waals surface area contributed by atoms with E-state index in [-0.39, 0.29) is 11.6 Å². The Morgan fingerprint density at radius 3 is 2.60 bits per heavy atom. The molecule has 0 bridgehead atoms. The summed E-state index contributed by atoms with van der Waals surface area (Å²) in [4.78, 5) is 7.90. The highest BCUT2D eigenvalue weighted by atomic mass is 32.2. The van der Waals surface area contributed by atoms with Crippen molar-refractivity contribution < 1.29 is 8.42 Å². The topological polar surface area (TPSA) is 102 Å². The van der Waals surface area contributed by atoms with E-state index >= 15 is 0 Å². The van der Waals surface area contributed by atoms with Gasteiger partial charge in [-0.1, -0.05) is 6.07 Å². The SMILES string of the molecule is CNCc1ccc(S(=O)(=O)NCc2ncn(C)n2)nc1. The number of aryl methyl sites for hydroxylation is 1. The molecule has 20 heavy (non-hydrogen) atoms. The van der Waals surface area contributed by atoms with Gasteiger partial charge in [-0.15, -0.1) is 0 Å². The maximum absolute atomic E-state index is 12.0. The molecule has 0 fully saturated rings. The highest BCUT2D eigenvalue weighted by Crippen LogP contribution is 2.07. The average Bonchev–Trinajstić information content (AvgIpc) is 2.84. The van der Waals surface area contributed by atoms with Gasteiger partial charge in [0, 0.05) is 19.8 Å². The minimum absolute atomic E-state index is 0.0201. The van der Waals surface area contributed by atoms with Crippen LogP contribution in [0.25, 0.3) is 0 Å². The van der Waals surface area contributed by atoms with E-state index < -0.39 is 10.0 Å². The van der Waals surface area contributed by atoms with E-state index in [0.29, 0.717) is 12.4 Å². The van der Waals surface area contributed by atoms with Crippen molar-refractivity contribution in [2.24, 2.45) is 7.05 Å². The van der Waals surface area contributed by atoms with Crippen LogP contribution < -0.4 is 10.0 Å². The summed E-state index contributed by atoms with van der Waals surface area (Å²) in [6, 6.07) is 3.19. The molecule has 0 aromatic carbocycles. The summed E-state index contributed by atoms with van der Waals surface area (Å²) in [5.74, 6) is 0.405. The number of pyridine rings is 1. The lowest BCUT2D eigenvalue weighted by atomic mass is 10.3. The van der Waals surface area contributed by atoms with Crippen LogP contribution in [0, 0.1) is 0 Å². The molecule has 2 heterocycles. The van der Waals surface area contributed by atoms with E-state index in [0.717, 1.165) is 5.56 Å². The summed E-state index contributed by atoms with van der Waals surface area (Å²) in [5.41, 5.74) is 0.915. The number of aromatic nitrogens is 4. The molecular weight excluding hydrogens is 280 g/mol. The second kappa shape index (κ2) is 6.07. The Morgan fingerprint density at radius 2 is 2.05 bits per heavy atom. The molecule has 2 N–H and O–H groups in total. The lowest BCUT2D eigenvalue weighted by Crippen LogP contribution is -2.25. The van der Waals surface area contributed by atoms with Crippen LogP contribution in [0.2, 0.25) is 0 Å². The molecule has 0 atom stereocenters. The molecule has 0 unspecified atom stereocenters. The second-order valence-corrected chi connectivity index (χ2v) is 5.91. The van der Waals surface area contributed by atoms with Gasteiger partial charge in [0.2, 0.25) is 0 Å². The monoisotopic (exact) mass is 296 g/mol. The normalized spacial score (nSPS) is 11.7. The number of nitrogens with zero attached hydrogens (tertiary/aromatic N) is 4. The number of hydrogen-bond donors (Lipinski definition) is 2. The van der Waals surface area contributed by atoms with Gasteiger partial charge in [0.1, 0.15) is 6.33 Å².